The monoisotopic (exact) mass is 341 g/mol. The molecule has 0 bridgehead atoms. The Labute approximate surface area is 142 Å². The van der Waals surface area contributed by atoms with Gasteiger partial charge in [-0.2, -0.15) is 0 Å². The van der Waals surface area contributed by atoms with Crippen LogP contribution in [-0.2, 0) is 6.54 Å². The maximum atomic E-state index is 12.7. The van der Waals surface area contributed by atoms with Gasteiger partial charge in [-0.25, -0.2) is 4.98 Å². The van der Waals surface area contributed by atoms with Gasteiger partial charge < -0.3 is 9.47 Å². The number of aromatic nitrogens is 2. The third-order valence-corrected chi connectivity index (χ3v) is 3.83. The summed E-state index contributed by atoms with van der Waals surface area (Å²) in [7, 11) is 3.01. The summed E-state index contributed by atoms with van der Waals surface area (Å²) >= 11 is 0. The summed E-state index contributed by atoms with van der Waals surface area (Å²) in [5, 5.41) is 11.1. The zero-order valence-corrected chi connectivity index (χ0v) is 13.6. The van der Waals surface area contributed by atoms with Gasteiger partial charge in [0.15, 0.2) is 11.5 Å². The number of nitrogens with zero attached hydrogens (tertiary/aromatic N) is 3. The minimum absolute atomic E-state index is 0.00423. The van der Waals surface area contributed by atoms with Gasteiger partial charge in [0.05, 0.1) is 42.9 Å². The first-order chi connectivity index (χ1) is 12.0. The lowest BCUT2D eigenvalue weighted by Crippen LogP contribution is -2.21. The molecular formula is C17H15N3O5. The molecule has 1 heterocycles. The molecule has 8 nitrogen and oxygen atoms in total. The van der Waals surface area contributed by atoms with E-state index >= 15 is 0 Å². The quantitative estimate of drug-likeness (QED) is 0.522. The van der Waals surface area contributed by atoms with Crippen molar-refractivity contribution in [2.75, 3.05) is 14.2 Å². The van der Waals surface area contributed by atoms with Crippen LogP contribution in [0.15, 0.2) is 47.5 Å². The highest BCUT2D eigenvalue weighted by Gasteiger charge is 2.11. The van der Waals surface area contributed by atoms with Gasteiger partial charge in [-0.05, 0) is 11.6 Å². The molecule has 0 radical (unpaired) electrons. The summed E-state index contributed by atoms with van der Waals surface area (Å²) in [6, 6.07) is 9.28. The van der Waals surface area contributed by atoms with Crippen molar-refractivity contribution in [3.63, 3.8) is 0 Å². The number of hydrogen-bond donors (Lipinski definition) is 0. The second kappa shape index (κ2) is 6.60. The summed E-state index contributed by atoms with van der Waals surface area (Å²) in [4.78, 5) is 27.2. The number of rotatable bonds is 5. The van der Waals surface area contributed by atoms with E-state index in [0.29, 0.717) is 22.4 Å². The summed E-state index contributed by atoms with van der Waals surface area (Å²) < 4.78 is 11.9. The van der Waals surface area contributed by atoms with Crippen LogP contribution >= 0.6 is 0 Å². The zero-order valence-electron chi connectivity index (χ0n) is 13.6. The minimum atomic E-state index is -0.465. The van der Waals surface area contributed by atoms with Gasteiger partial charge in [0.25, 0.3) is 11.2 Å². The van der Waals surface area contributed by atoms with Crippen LogP contribution in [0.25, 0.3) is 10.9 Å². The fraction of sp³-hybridized carbons (Fsp3) is 0.176. The summed E-state index contributed by atoms with van der Waals surface area (Å²) in [5.74, 6) is 0.942. The summed E-state index contributed by atoms with van der Waals surface area (Å²) in [6.45, 7) is 0.258. The Morgan fingerprint density at radius 2 is 1.76 bits per heavy atom. The van der Waals surface area contributed by atoms with Gasteiger partial charge in [-0.1, -0.05) is 12.1 Å². The third-order valence-electron chi connectivity index (χ3n) is 3.83. The Morgan fingerprint density at radius 3 is 2.36 bits per heavy atom. The Balaban J connectivity index is 2.01. The van der Waals surface area contributed by atoms with Gasteiger partial charge in [-0.3, -0.25) is 19.5 Å². The smallest absolute Gasteiger partial charge is 0.269 e. The molecule has 0 saturated heterocycles. The van der Waals surface area contributed by atoms with E-state index in [4.69, 9.17) is 9.47 Å². The number of ether oxygens (including phenoxy) is 2. The number of non-ortho nitro benzene ring substituents is 1. The molecule has 0 aliphatic rings. The lowest BCUT2D eigenvalue weighted by Gasteiger charge is -2.10. The van der Waals surface area contributed by atoms with Crippen LogP contribution in [0.4, 0.5) is 5.69 Å². The van der Waals surface area contributed by atoms with Crippen molar-refractivity contribution in [1.29, 1.82) is 0 Å². The Morgan fingerprint density at radius 1 is 1.12 bits per heavy atom. The fourth-order valence-corrected chi connectivity index (χ4v) is 2.52. The Kier molecular flexibility index (Phi) is 4.34. The highest BCUT2D eigenvalue weighted by atomic mass is 16.6. The van der Waals surface area contributed by atoms with E-state index in [0.717, 1.165) is 5.56 Å². The molecule has 0 unspecified atom stereocenters. The largest absolute Gasteiger partial charge is 0.493 e. The van der Waals surface area contributed by atoms with E-state index in [2.05, 4.69) is 4.98 Å². The maximum absolute atomic E-state index is 12.7. The second-order valence-electron chi connectivity index (χ2n) is 5.33. The molecule has 0 amide bonds. The number of hydrogen-bond acceptors (Lipinski definition) is 6. The lowest BCUT2D eigenvalue weighted by molar-refractivity contribution is -0.384. The topological polar surface area (TPSA) is 96.5 Å². The van der Waals surface area contributed by atoms with Crippen LogP contribution in [0.2, 0.25) is 0 Å². The molecule has 3 aromatic rings. The van der Waals surface area contributed by atoms with Crippen molar-refractivity contribution >= 4 is 16.6 Å². The average Bonchev–Trinajstić information content (AvgIpc) is 2.63. The SMILES string of the molecule is COc1cc2ncn(Cc3ccc([N+](=O)[O-])cc3)c(=O)c2cc1OC. The Hall–Kier alpha value is -3.42. The molecular weight excluding hydrogens is 326 g/mol. The van der Waals surface area contributed by atoms with E-state index < -0.39 is 4.92 Å². The summed E-state index contributed by atoms with van der Waals surface area (Å²) in [5.41, 5.74) is 1.03. The second-order valence-corrected chi connectivity index (χ2v) is 5.33. The fourth-order valence-electron chi connectivity index (χ4n) is 2.52. The molecule has 0 atom stereocenters. The number of nitro groups is 1. The number of nitro benzene ring substituents is 1. The minimum Gasteiger partial charge on any atom is -0.493 e. The number of benzene rings is 2. The van der Waals surface area contributed by atoms with Crippen LogP contribution in [0.1, 0.15) is 5.56 Å². The highest BCUT2D eigenvalue weighted by Crippen LogP contribution is 2.29. The first kappa shape index (κ1) is 16.4. The molecule has 2 aromatic carbocycles. The molecule has 25 heavy (non-hydrogen) atoms. The molecule has 3 rings (SSSR count). The van der Waals surface area contributed by atoms with E-state index in [1.165, 1.54) is 37.2 Å². The van der Waals surface area contributed by atoms with E-state index in [1.54, 1.807) is 24.3 Å². The molecule has 128 valence electrons. The Bertz CT molecular complexity index is 996. The number of fused-ring (bicyclic) bond motifs is 1. The molecule has 1 aromatic heterocycles. The number of methoxy groups -OCH3 is 2. The van der Waals surface area contributed by atoms with Gasteiger partial charge >= 0.3 is 0 Å². The molecule has 0 N–H and O–H groups in total. The van der Waals surface area contributed by atoms with Crippen LogP contribution in [0.5, 0.6) is 11.5 Å². The van der Waals surface area contributed by atoms with Crippen molar-refractivity contribution < 1.29 is 14.4 Å². The van der Waals surface area contributed by atoms with E-state index in [9.17, 15) is 14.9 Å². The van der Waals surface area contributed by atoms with Gasteiger partial charge in [0.2, 0.25) is 0 Å². The van der Waals surface area contributed by atoms with Crippen LogP contribution in [0, 0.1) is 10.1 Å². The third kappa shape index (κ3) is 3.14. The van der Waals surface area contributed by atoms with Crippen molar-refractivity contribution in [3.05, 3.63) is 68.8 Å². The average molecular weight is 341 g/mol. The van der Waals surface area contributed by atoms with Crippen molar-refractivity contribution in [1.82, 2.24) is 9.55 Å². The van der Waals surface area contributed by atoms with Crippen LogP contribution in [-0.4, -0.2) is 28.7 Å². The van der Waals surface area contributed by atoms with Crippen LogP contribution < -0.4 is 15.0 Å². The van der Waals surface area contributed by atoms with Crippen LogP contribution in [0.3, 0.4) is 0 Å². The van der Waals surface area contributed by atoms with E-state index in [1.807, 2.05) is 0 Å². The summed E-state index contributed by atoms with van der Waals surface area (Å²) in [6.07, 6.45) is 1.44. The van der Waals surface area contributed by atoms with Gasteiger partial charge in [-0.15, -0.1) is 0 Å². The standard InChI is InChI=1S/C17H15N3O5/c1-24-15-7-13-14(8-16(15)25-2)18-10-19(17(13)21)9-11-3-5-12(6-4-11)20(22)23/h3-8,10H,9H2,1-2H3. The predicted molar refractivity (Wildman–Crippen MR) is 91.3 cm³/mol. The molecule has 0 aliphatic heterocycles. The van der Waals surface area contributed by atoms with Crippen molar-refractivity contribution in [2.24, 2.45) is 0 Å². The van der Waals surface area contributed by atoms with Gasteiger partial charge in [0, 0.05) is 18.2 Å². The molecule has 8 heteroatoms. The maximum Gasteiger partial charge on any atom is 0.269 e. The first-order valence-corrected chi connectivity index (χ1v) is 7.38. The molecule has 0 fully saturated rings. The first-order valence-electron chi connectivity index (χ1n) is 7.38. The molecule has 0 saturated carbocycles. The normalized spacial score (nSPS) is 10.6. The van der Waals surface area contributed by atoms with E-state index in [-0.39, 0.29) is 17.8 Å². The lowest BCUT2D eigenvalue weighted by atomic mass is 10.2. The van der Waals surface area contributed by atoms with Gasteiger partial charge in [0.1, 0.15) is 0 Å². The molecule has 0 spiro atoms. The van der Waals surface area contributed by atoms with Crippen molar-refractivity contribution in [2.45, 2.75) is 6.54 Å². The zero-order chi connectivity index (χ0) is 18.0. The van der Waals surface area contributed by atoms with Crippen molar-refractivity contribution in [3.8, 4) is 11.5 Å². The highest BCUT2D eigenvalue weighted by molar-refractivity contribution is 5.81. The predicted octanol–water partition coefficient (Wildman–Crippen LogP) is 2.37. The molecule has 0 aliphatic carbocycles.